The average Bonchev–Trinajstić information content (AvgIpc) is 2.38. The lowest BCUT2D eigenvalue weighted by molar-refractivity contribution is -0.121. The number of aliphatic hydroxyl groups is 1. The van der Waals surface area contributed by atoms with Crippen LogP contribution in [0.2, 0.25) is 0 Å². The minimum absolute atomic E-state index is 0.00990. The Morgan fingerprint density at radius 2 is 2.00 bits per heavy atom. The fraction of sp³-hybridized carbons (Fsp3) is 0.500. The lowest BCUT2D eigenvalue weighted by Crippen LogP contribution is -2.34. The van der Waals surface area contributed by atoms with Crippen LogP contribution in [-0.4, -0.2) is 29.4 Å². The van der Waals surface area contributed by atoms with E-state index in [1.54, 1.807) is 11.8 Å². The number of carbonyl (C=O) groups is 1. The van der Waals surface area contributed by atoms with E-state index in [1.807, 2.05) is 38.1 Å². The fourth-order valence-electron chi connectivity index (χ4n) is 1.33. The summed E-state index contributed by atoms with van der Waals surface area (Å²) in [5.41, 5.74) is 0. The molecule has 2 N–H and O–H groups in total. The van der Waals surface area contributed by atoms with Crippen LogP contribution in [0.1, 0.15) is 20.3 Å². The maximum absolute atomic E-state index is 11.6. The number of aliphatic hydroxyl groups excluding tert-OH is 1. The molecule has 0 saturated carbocycles. The predicted octanol–water partition coefficient (Wildman–Crippen LogP) is 3.06. The topological polar surface area (TPSA) is 49.3 Å². The van der Waals surface area contributed by atoms with Gasteiger partial charge in [-0.1, -0.05) is 29.8 Å². The number of benzene rings is 1. The fourth-order valence-corrected chi connectivity index (χ4v) is 2.45. The molecule has 0 heterocycles. The number of nitrogens with one attached hydrogen (secondary N) is 1. The number of carbonyl (C=O) groups excluding carboxylic acids is 1. The second kappa shape index (κ2) is 8.61. The SMILES string of the molecule is CC(C)C(O)CNC(=O)CCSc1ccc(Br)cc1. The molecule has 0 spiro atoms. The van der Waals surface area contributed by atoms with Gasteiger partial charge in [0.2, 0.25) is 5.91 Å². The van der Waals surface area contributed by atoms with Crippen LogP contribution in [0.4, 0.5) is 0 Å². The zero-order chi connectivity index (χ0) is 14.3. The summed E-state index contributed by atoms with van der Waals surface area (Å²) in [6.45, 7) is 4.19. The van der Waals surface area contributed by atoms with Crippen LogP contribution in [0.5, 0.6) is 0 Å². The van der Waals surface area contributed by atoms with Gasteiger partial charge >= 0.3 is 0 Å². The second-order valence-electron chi connectivity index (χ2n) is 4.67. The van der Waals surface area contributed by atoms with E-state index in [0.717, 1.165) is 15.1 Å². The van der Waals surface area contributed by atoms with Gasteiger partial charge in [-0.15, -0.1) is 11.8 Å². The molecule has 1 atom stereocenters. The Morgan fingerprint density at radius 1 is 1.37 bits per heavy atom. The second-order valence-corrected chi connectivity index (χ2v) is 6.75. The molecule has 0 aromatic heterocycles. The highest BCUT2D eigenvalue weighted by atomic mass is 79.9. The van der Waals surface area contributed by atoms with Gasteiger partial charge in [-0.2, -0.15) is 0 Å². The van der Waals surface area contributed by atoms with E-state index >= 15 is 0 Å². The van der Waals surface area contributed by atoms with Gasteiger partial charge in [0, 0.05) is 28.1 Å². The van der Waals surface area contributed by atoms with Gasteiger partial charge < -0.3 is 10.4 Å². The predicted molar refractivity (Wildman–Crippen MR) is 83.3 cm³/mol. The Hall–Kier alpha value is -0.520. The van der Waals surface area contributed by atoms with Gasteiger partial charge in [0.1, 0.15) is 0 Å². The van der Waals surface area contributed by atoms with Crippen LogP contribution < -0.4 is 5.32 Å². The summed E-state index contributed by atoms with van der Waals surface area (Å²) in [7, 11) is 0. The molecule has 106 valence electrons. The first-order chi connectivity index (χ1) is 8.99. The van der Waals surface area contributed by atoms with Crippen molar-refractivity contribution >= 4 is 33.6 Å². The molecule has 0 fully saturated rings. The quantitative estimate of drug-likeness (QED) is 0.746. The van der Waals surface area contributed by atoms with Gasteiger partial charge in [0.25, 0.3) is 0 Å². The monoisotopic (exact) mass is 345 g/mol. The van der Waals surface area contributed by atoms with Crippen LogP contribution >= 0.6 is 27.7 Å². The first-order valence-electron chi connectivity index (χ1n) is 6.32. The van der Waals surface area contributed by atoms with E-state index in [4.69, 9.17) is 0 Å². The van der Waals surface area contributed by atoms with E-state index < -0.39 is 6.10 Å². The standard InChI is InChI=1S/C14H20BrNO2S/c1-10(2)13(17)9-16-14(18)7-8-19-12-5-3-11(15)4-6-12/h3-6,10,13,17H,7-9H2,1-2H3,(H,16,18). The van der Waals surface area contributed by atoms with Crippen LogP contribution in [0, 0.1) is 5.92 Å². The largest absolute Gasteiger partial charge is 0.391 e. The highest BCUT2D eigenvalue weighted by Gasteiger charge is 2.10. The third-order valence-corrected chi connectivity index (χ3v) is 4.23. The highest BCUT2D eigenvalue weighted by Crippen LogP contribution is 2.21. The molecule has 1 aromatic rings. The number of hydrogen-bond acceptors (Lipinski definition) is 3. The molecular formula is C14H20BrNO2S. The van der Waals surface area contributed by atoms with Crippen LogP contribution in [0.3, 0.4) is 0 Å². The number of halogens is 1. The average molecular weight is 346 g/mol. The number of rotatable bonds is 7. The first kappa shape index (κ1) is 16.5. The van der Waals surface area contributed by atoms with Crippen molar-refractivity contribution in [2.75, 3.05) is 12.3 Å². The van der Waals surface area contributed by atoms with Crippen molar-refractivity contribution in [2.24, 2.45) is 5.92 Å². The summed E-state index contributed by atoms with van der Waals surface area (Å²) in [5, 5.41) is 12.3. The smallest absolute Gasteiger partial charge is 0.220 e. The van der Waals surface area contributed by atoms with Gasteiger partial charge in [-0.05, 0) is 30.2 Å². The zero-order valence-corrected chi connectivity index (χ0v) is 13.6. The van der Waals surface area contributed by atoms with Gasteiger partial charge in [-0.25, -0.2) is 0 Å². The van der Waals surface area contributed by atoms with Crippen LogP contribution in [0.25, 0.3) is 0 Å². The highest BCUT2D eigenvalue weighted by molar-refractivity contribution is 9.10. The van der Waals surface area contributed by atoms with Crippen LogP contribution in [0.15, 0.2) is 33.6 Å². The molecule has 1 amide bonds. The van der Waals surface area contributed by atoms with Crippen molar-refractivity contribution in [3.63, 3.8) is 0 Å². The van der Waals surface area contributed by atoms with E-state index in [9.17, 15) is 9.90 Å². The Balaban J connectivity index is 2.18. The number of hydrogen-bond donors (Lipinski definition) is 2. The molecule has 19 heavy (non-hydrogen) atoms. The van der Waals surface area contributed by atoms with Crippen LogP contribution in [-0.2, 0) is 4.79 Å². The zero-order valence-electron chi connectivity index (χ0n) is 11.2. The van der Waals surface area contributed by atoms with E-state index in [-0.39, 0.29) is 11.8 Å². The molecule has 1 aromatic carbocycles. The van der Waals surface area contributed by atoms with Crippen molar-refractivity contribution < 1.29 is 9.90 Å². The molecular weight excluding hydrogens is 326 g/mol. The summed E-state index contributed by atoms with van der Waals surface area (Å²) in [6.07, 6.45) is -0.00554. The molecule has 0 bridgehead atoms. The van der Waals surface area contributed by atoms with E-state index in [2.05, 4.69) is 21.2 Å². The number of amides is 1. The van der Waals surface area contributed by atoms with Gasteiger partial charge in [0.05, 0.1) is 6.10 Å². The Kier molecular flexibility index (Phi) is 7.49. The van der Waals surface area contributed by atoms with E-state index in [0.29, 0.717) is 13.0 Å². The minimum Gasteiger partial charge on any atom is -0.391 e. The Labute approximate surface area is 127 Å². The van der Waals surface area contributed by atoms with Crippen molar-refractivity contribution in [1.29, 1.82) is 0 Å². The lowest BCUT2D eigenvalue weighted by atomic mass is 10.1. The Bertz CT molecular complexity index is 395. The molecule has 1 rings (SSSR count). The first-order valence-corrected chi connectivity index (χ1v) is 8.10. The molecule has 0 aliphatic heterocycles. The number of thioether (sulfide) groups is 1. The minimum atomic E-state index is -0.469. The molecule has 5 heteroatoms. The third kappa shape index (κ3) is 6.99. The summed E-state index contributed by atoms with van der Waals surface area (Å²) in [4.78, 5) is 12.7. The Morgan fingerprint density at radius 3 is 2.58 bits per heavy atom. The maximum atomic E-state index is 11.6. The lowest BCUT2D eigenvalue weighted by Gasteiger charge is -2.14. The van der Waals surface area contributed by atoms with Crippen molar-refractivity contribution in [1.82, 2.24) is 5.32 Å². The van der Waals surface area contributed by atoms with Crippen molar-refractivity contribution in [3.05, 3.63) is 28.7 Å². The van der Waals surface area contributed by atoms with E-state index in [1.165, 1.54) is 0 Å². The van der Waals surface area contributed by atoms with Crippen molar-refractivity contribution in [2.45, 2.75) is 31.3 Å². The molecule has 1 unspecified atom stereocenters. The molecule has 0 aliphatic rings. The van der Waals surface area contributed by atoms with Gasteiger partial charge in [0.15, 0.2) is 0 Å². The van der Waals surface area contributed by atoms with Crippen molar-refractivity contribution in [3.8, 4) is 0 Å². The van der Waals surface area contributed by atoms with Gasteiger partial charge in [-0.3, -0.25) is 4.79 Å². The summed E-state index contributed by atoms with van der Waals surface area (Å²) < 4.78 is 1.05. The maximum Gasteiger partial charge on any atom is 0.220 e. The summed E-state index contributed by atoms with van der Waals surface area (Å²) >= 11 is 5.04. The summed E-state index contributed by atoms with van der Waals surface area (Å²) in [5.74, 6) is 0.896. The molecule has 0 aliphatic carbocycles. The third-order valence-electron chi connectivity index (χ3n) is 2.69. The molecule has 3 nitrogen and oxygen atoms in total. The normalized spacial score (nSPS) is 12.5. The molecule has 0 saturated heterocycles. The summed E-state index contributed by atoms with van der Waals surface area (Å²) in [6, 6.07) is 8.02. The molecule has 0 radical (unpaired) electrons.